The number of imide groups is 1. The van der Waals surface area contributed by atoms with E-state index >= 15 is 0 Å². The molecule has 0 spiro atoms. The normalized spacial score (nSPS) is 15.4. The van der Waals surface area contributed by atoms with Gasteiger partial charge in [0.25, 0.3) is 11.8 Å². The molecule has 0 bridgehead atoms. The molecule has 0 aliphatic carbocycles. The number of alkyl halides is 1. The van der Waals surface area contributed by atoms with Gasteiger partial charge in [-0.25, -0.2) is 0 Å². The first-order chi connectivity index (χ1) is 9.52. The molecule has 0 radical (unpaired) electrons. The number of Topliss-reactive ketones (excluding diaryl/α,β-unsaturated/α-hetero) is 1. The molecule has 0 N–H and O–H groups in total. The lowest BCUT2D eigenvalue weighted by Gasteiger charge is -2.13. The van der Waals surface area contributed by atoms with Gasteiger partial charge in [-0.15, -0.1) is 11.6 Å². The number of carbonyl (C=O) groups is 3. The van der Waals surface area contributed by atoms with Crippen molar-refractivity contribution in [3.8, 4) is 0 Å². The van der Waals surface area contributed by atoms with E-state index in [2.05, 4.69) is 0 Å². The van der Waals surface area contributed by atoms with Gasteiger partial charge in [-0.2, -0.15) is 0 Å². The Labute approximate surface area is 122 Å². The molecule has 1 aliphatic rings. The maximum Gasteiger partial charge on any atom is 0.261 e. The summed E-state index contributed by atoms with van der Waals surface area (Å²) in [6.45, 7) is 1.99. The van der Waals surface area contributed by atoms with Crippen molar-refractivity contribution in [2.75, 3.05) is 6.54 Å². The molecule has 0 fully saturated rings. The van der Waals surface area contributed by atoms with Crippen LogP contribution in [0.4, 0.5) is 0 Å². The van der Waals surface area contributed by atoms with Gasteiger partial charge in [0.15, 0.2) is 0 Å². The molecule has 2 rings (SSSR count). The quantitative estimate of drug-likeness (QED) is 0.460. The fourth-order valence-electron chi connectivity index (χ4n) is 2.21. The summed E-state index contributed by atoms with van der Waals surface area (Å²) in [5.74, 6) is -0.501. The van der Waals surface area contributed by atoms with Gasteiger partial charge in [-0.05, 0) is 31.9 Å². The standard InChI is InChI=1S/C15H16ClNO3/c1-10(16)13(18)8-4-5-9-17-14(19)11-6-2-3-7-12(11)15(17)20/h2-3,6-7,10H,4-5,8-9H2,1H3. The zero-order valence-electron chi connectivity index (χ0n) is 11.3. The Balaban J connectivity index is 1.88. The van der Waals surface area contributed by atoms with Crippen molar-refractivity contribution in [3.63, 3.8) is 0 Å². The molecule has 4 nitrogen and oxygen atoms in total. The van der Waals surface area contributed by atoms with E-state index < -0.39 is 5.38 Å². The lowest BCUT2D eigenvalue weighted by Crippen LogP contribution is -2.30. The summed E-state index contributed by atoms with van der Waals surface area (Å²) in [4.78, 5) is 36.7. The average Bonchev–Trinajstić information content (AvgIpc) is 2.68. The monoisotopic (exact) mass is 293 g/mol. The number of benzene rings is 1. The zero-order valence-corrected chi connectivity index (χ0v) is 12.0. The predicted molar refractivity (Wildman–Crippen MR) is 76.0 cm³/mol. The van der Waals surface area contributed by atoms with Crippen LogP contribution in [0.25, 0.3) is 0 Å². The molecule has 1 aliphatic heterocycles. The molecule has 106 valence electrons. The van der Waals surface area contributed by atoms with E-state index in [1.807, 2.05) is 0 Å². The van der Waals surface area contributed by atoms with Crippen LogP contribution in [0.1, 0.15) is 46.9 Å². The van der Waals surface area contributed by atoms with Gasteiger partial charge in [-0.1, -0.05) is 12.1 Å². The van der Waals surface area contributed by atoms with E-state index in [9.17, 15) is 14.4 Å². The van der Waals surface area contributed by atoms with Crippen molar-refractivity contribution < 1.29 is 14.4 Å². The van der Waals surface area contributed by atoms with Crippen LogP contribution in [0.5, 0.6) is 0 Å². The molecule has 1 aromatic carbocycles. The summed E-state index contributed by atoms with van der Waals surface area (Å²) in [7, 11) is 0. The van der Waals surface area contributed by atoms with Crippen molar-refractivity contribution in [2.45, 2.75) is 31.6 Å². The van der Waals surface area contributed by atoms with Crippen LogP contribution in [-0.2, 0) is 4.79 Å². The lowest BCUT2D eigenvalue weighted by atomic mass is 10.1. The molecule has 1 atom stereocenters. The molecular formula is C15H16ClNO3. The van der Waals surface area contributed by atoms with Gasteiger partial charge in [0.2, 0.25) is 0 Å². The summed E-state index contributed by atoms with van der Waals surface area (Å²) >= 11 is 5.67. The third-order valence-corrected chi connectivity index (χ3v) is 3.62. The average molecular weight is 294 g/mol. The number of amides is 2. The van der Waals surface area contributed by atoms with E-state index in [-0.39, 0.29) is 17.6 Å². The minimum absolute atomic E-state index is 0.00553. The largest absolute Gasteiger partial charge is 0.298 e. The van der Waals surface area contributed by atoms with E-state index in [0.717, 1.165) is 0 Å². The summed E-state index contributed by atoms with van der Waals surface area (Å²) < 4.78 is 0. The number of fused-ring (bicyclic) bond motifs is 1. The maximum atomic E-state index is 12.1. The van der Waals surface area contributed by atoms with Gasteiger partial charge in [0.1, 0.15) is 5.78 Å². The highest BCUT2D eigenvalue weighted by molar-refractivity contribution is 6.30. The molecule has 20 heavy (non-hydrogen) atoms. The van der Waals surface area contributed by atoms with E-state index in [0.29, 0.717) is 36.9 Å². The maximum absolute atomic E-state index is 12.1. The number of ketones is 1. The number of hydrogen-bond donors (Lipinski definition) is 0. The number of unbranched alkanes of at least 4 members (excludes halogenated alkanes) is 1. The van der Waals surface area contributed by atoms with Crippen LogP contribution < -0.4 is 0 Å². The van der Waals surface area contributed by atoms with Crippen LogP contribution in [0, 0.1) is 0 Å². The van der Waals surface area contributed by atoms with Crippen molar-refractivity contribution in [1.82, 2.24) is 4.90 Å². The van der Waals surface area contributed by atoms with Gasteiger partial charge >= 0.3 is 0 Å². The predicted octanol–water partition coefficient (Wildman–Crippen LogP) is 2.65. The molecule has 0 aromatic heterocycles. The fraction of sp³-hybridized carbons (Fsp3) is 0.400. The third-order valence-electron chi connectivity index (χ3n) is 3.38. The number of rotatable bonds is 6. The molecule has 5 heteroatoms. The molecule has 0 saturated heterocycles. The number of hydrogen-bond acceptors (Lipinski definition) is 3. The van der Waals surface area contributed by atoms with Crippen LogP contribution in [0.15, 0.2) is 24.3 Å². The first-order valence-electron chi connectivity index (χ1n) is 6.64. The summed E-state index contributed by atoms with van der Waals surface area (Å²) in [5, 5.41) is -0.477. The summed E-state index contributed by atoms with van der Waals surface area (Å²) in [6, 6.07) is 6.81. The van der Waals surface area contributed by atoms with Crippen molar-refractivity contribution in [3.05, 3.63) is 35.4 Å². The molecule has 1 unspecified atom stereocenters. The molecule has 0 saturated carbocycles. The Hall–Kier alpha value is -1.68. The van der Waals surface area contributed by atoms with Gasteiger partial charge in [0, 0.05) is 13.0 Å². The molecule has 1 heterocycles. The number of nitrogens with zero attached hydrogens (tertiary/aromatic N) is 1. The Morgan fingerprint density at radius 2 is 1.70 bits per heavy atom. The molecule has 1 aromatic rings. The second kappa shape index (κ2) is 6.18. The van der Waals surface area contributed by atoms with E-state index in [1.165, 1.54) is 4.90 Å². The van der Waals surface area contributed by atoms with Crippen molar-refractivity contribution >= 4 is 29.2 Å². The smallest absolute Gasteiger partial charge is 0.261 e. The van der Waals surface area contributed by atoms with Gasteiger partial charge in [0.05, 0.1) is 16.5 Å². The Kier molecular flexibility index (Phi) is 4.55. The van der Waals surface area contributed by atoms with Crippen LogP contribution in [0.3, 0.4) is 0 Å². The number of carbonyl (C=O) groups excluding carboxylic acids is 3. The Morgan fingerprint density at radius 1 is 1.15 bits per heavy atom. The lowest BCUT2D eigenvalue weighted by molar-refractivity contribution is -0.118. The topological polar surface area (TPSA) is 54.5 Å². The fourth-order valence-corrected chi connectivity index (χ4v) is 2.32. The van der Waals surface area contributed by atoms with Crippen molar-refractivity contribution in [1.29, 1.82) is 0 Å². The Morgan fingerprint density at radius 3 is 2.20 bits per heavy atom. The third kappa shape index (κ3) is 2.90. The van der Waals surface area contributed by atoms with E-state index in [1.54, 1.807) is 31.2 Å². The molecule has 2 amide bonds. The highest BCUT2D eigenvalue weighted by atomic mass is 35.5. The van der Waals surface area contributed by atoms with Gasteiger partial charge < -0.3 is 0 Å². The first kappa shape index (κ1) is 14.7. The second-order valence-electron chi connectivity index (χ2n) is 4.85. The number of halogens is 1. The summed E-state index contributed by atoms with van der Waals surface area (Å²) in [6.07, 6.45) is 1.62. The zero-order chi connectivity index (χ0) is 14.7. The van der Waals surface area contributed by atoms with Crippen molar-refractivity contribution in [2.24, 2.45) is 0 Å². The van der Waals surface area contributed by atoms with E-state index in [4.69, 9.17) is 11.6 Å². The second-order valence-corrected chi connectivity index (χ2v) is 5.50. The van der Waals surface area contributed by atoms with Gasteiger partial charge in [-0.3, -0.25) is 19.3 Å². The first-order valence-corrected chi connectivity index (χ1v) is 7.08. The SMILES string of the molecule is CC(Cl)C(=O)CCCCN1C(=O)c2ccccc2C1=O. The highest BCUT2D eigenvalue weighted by Gasteiger charge is 2.34. The minimum Gasteiger partial charge on any atom is -0.298 e. The summed E-state index contributed by atoms with van der Waals surface area (Å²) in [5.41, 5.74) is 0.922. The van der Waals surface area contributed by atoms with Crippen LogP contribution in [-0.4, -0.2) is 34.4 Å². The minimum atomic E-state index is -0.477. The van der Waals surface area contributed by atoms with Crippen LogP contribution >= 0.6 is 11.6 Å². The Bertz CT molecular complexity index is 519. The van der Waals surface area contributed by atoms with Crippen LogP contribution in [0.2, 0.25) is 0 Å². The highest BCUT2D eigenvalue weighted by Crippen LogP contribution is 2.22. The molecular weight excluding hydrogens is 278 g/mol.